The molecular weight excluding hydrogens is 236 g/mol. The minimum Gasteiger partial charge on any atom is -0.462 e. The molecule has 0 aromatic rings. The molecular formula is C17H32O2. The molecule has 0 aliphatic carbocycles. The van der Waals surface area contributed by atoms with E-state index in [1.54, 1.807) is 0 Å². The van der Waals surface area contributed by atoms with Crippen LogP contribution in [0.4, 0.5) is 0 Å². The predicted octanol–water partition coefficient (Wildman–Crippen LogP) is 5.27. The number of carbonyl (C=O) groups excluding carboxylic acids is 1. The van der Waals surface area contributed by atoms with Crippen LogP contribution in [0, 0.1) is 5.92 Å². The molecule has 0 amide bonds. The molecule has 0 bridgehead atoms. The van der Waals surface area contributed by atoms with Gasteiger partial charge in [-0.25, -0.2) is 4.79 Å². The third kappa shape index (κ3) is 10.8. The average molecular weight is 268 g/mol. The number of ether oxygens (including phenoxy) is 1. The van der Waals surface area contributed by atoms with Gasteiger partial charge in [0.15, 0.2) is 0 Å². The SMILES string of the molecule is CCCCCCCC=C(CCC)C(=O)OCC(C)C. The van der Waals surface area contributed by atoms with Crippen LogP contribution in [-0.2, 0) is 9.53 Å². The average Bonchev–Trinajstić information content (AvgIpc) is 2.38. The van der Waals surface area contributed by atoms with Crippen LogP contribution >= 0.6 is 0 Å². The Morgan fingerprint density at radius 3 is 2.32 bits per heavy atom. The number of esters is 1. The Morgan fingerprint density at radius 2 is 1.74 bits per heavy atom. The lowest BCUT2D eigenvalue weighted by Gasteiger charge is -2.09. The molecule has 2 heteroatoms. The fourth-order valence-corrected chi connectivity index (χ4v) is 1.92. The van der Waals surface area contributed by atoms with Crippen LogP contribution in [0.1, 0.15) is 79.1 Å². The highest BCUT2D eigenvalue weighted by Crippen LogP contribution is 2.12. The first-order valence-corrected chi connectivity index (χ1v) is 7.97. The van der Waals surface area contributed by atoms with Gasteiger partial charge in [0.25, 0.3) is 0 Å². The fourth-order valence-electron chi connectivity index (χ4n) is 1.92. The molecule has 0 atom stereocenters. The van der Waals surface area contributed by atoms with Gasteiger partial charge in [-0.2, -0.15) is 0 Å². The van der Waals surface area contributed by atoms with Crippen molar-refractivity contribution < 1.29 is 9.53 Å². The molecule has 2 nitrogen and oxygen atoms in total. The van der Waals surface area contributed by atoms with E-state index in [9.17, 15) is 4.79 Å². The highest BCUT2D eigenvalue weighted by molar-refractivity contribution is 5.88. The summed E-state index contributed by atoms with van der Waals surface area (Å²) in [6.07, 6.45) is 11.3. The van der Waals surface area contributed by atoms with Gasteiger partial charge < -0.3 is 4.74 Å². The van der Waals surface area contributed by atoms with Gasteiger partial charge in [-0.05, 0) is 25.2 Å². The molecule has 0 spiro atoms. The number of allylic oxidation sites excluding steroid dienone is 1. The van der Waals surface area contributed by atoms with Gasteiger partial charge in [-0.1, -0.05) is 65.9 Å². The van der Waals surface area contributed by atoms with E-state index in [2.05, 4.69) is 33.8 Å². The lowest BCUT2D eigenvalue weighted by atomic mass is 10.1. The molecule has 0 aliphatic rings. The Kier molecular flexibility index (Phi) is 11.7. The van der Waals surface area contributed by atoms with E-state index in [1.165, 1.54) is 32.1 Å². The van der Waals surface area contributed by atoms with Crippen molar-refractivity contribution >= 4 is 5.97 Å². The van der Waals surface area contributed by atoms with Crippen LogP contribution in [0.2, 0.25) is 0 Å². The van der Waals surface area contributed by atoms with Crippen molar-refractivity contribution in [2.24, 2.45) is 5.92 Å². The topological polar surface area (TPSA) is 26.3 Å². The number of unbranched alkanes of at least 4 members (excludes halogenated alkanes) is 5. The maximum Gasteiger partial charge on any atom is 0.333 e. The zero-order valence-corrected chi connectivity index (χ0v) is 13.3. The summed E-state index contributed by atoms with van der Waals surface area (Å²) in [5.74, 6) is 0.296. The molecule has 19 heavy (non-hydrogen) atoms. The Bertz CT molecular complexity index is 254. The summed E-state index contributed by atoms with van der Waals surface area (Å²) in [7, 11) is 0. The van der Waals surface area contributed by atoms with Crippen molar-refractivity contribution in [2.75, 3.05) is 6.61 Å². The minimum absolute atomic E-state index is 0.107. The number of hydrogen-bond acceptors (Lipinski definition) is 2. The largest absolute Gasteiger partial charge is 0.462 e. The minimum atomic E-state index is -0.107. The van der Waals surface area contributed by atoms with E-state index in [-0.39, 0.29) is 5.97 Å². The van der Waals surface area contributed by atoms with E-state index < -0.39 is 0 Å². The standard InChI is InChI=1S/C17H32O2/c1-5-7-8-9-10-11-13-16(12-6-2)17(18)19-14-15(3)4/h13,15H,5-12,14H2,1-4H3. The van der Waals surface area contributed by atoms with E-state index in [0.717, 1.165) is 24.8 Å². The zero-order valence-electron chi connectivity index (χ0n) is 13.3. The monoisotopic (exact) mass is 268 g/mol. The van der Waals surface area contributed by atoms with Gasteiger partial charge in [0.05, 0.1) is 6.61 Å². The Morgan fingerprint density at radius 1 is 1.05 bits per heavy atom. The summed E-state index contributed by atoms with van der Waals surface area (Å²) in [4.78, 5) is 11.9. The van der Waals surface area contributed by atoms with Gasteiger partial charge in [0, 0.05) is 5.57 Å². The first kappa shape index (κ1) is 18.2. The van der Waals surface area contributed by atoms with Crippen LogP contribution < -0.4 is 0 Å². The Hall–Kier alpha value is -0.790. The summed E-state index contributed by atoms with van der Waals surface area (Å²) in [6, 6.07) is 0. The first-order valence-electron chi connectivity index (χ1n) is 7.97. The van der Waals surface area contributed by atoms with Crippen molar-refractivity contribution in [1.82, 2.24) is 0 Å². The fraction of sp³-hybridized carbons (Fsp3) is 0.824. The van der Waals surface area contributed by atoms with Crippen LogP contribution in [0.5, 0.6) is 0 Å². The van der Waals surface area contributed by atoms with E-state index in [1.807, 2.05) is 0 Å². The second kappa shape index (κ2) is 12.3. The molecule has 0 unspecified atom stereocenters. The molecule has 0 saturated carbocycles. The maximum absolute atomic E-state index is 11.9. The molecule has 0 heterocycles. The maximum atomic E-state index is 11.9. The molecule has 0 aromatic heterocycles. The quantitative estimate of drug-likeness (QED) is 0.290. The number of carbonyl (C=O) groups is 1. The lowest BCUT2D eigenvalue weighted by Crippen LogP contribution is -2.12. The number of rotatable bonds is 11. The van der Waals surface area contributed by atoms with E-state index in [0.29, 0.717) is 12.5 Å². The highest BCUT2D eigenvalue weighted by atomic mass is 16.5. The van der Waals surface area contributed by atoms with Gasteiger partial charge in [0.2, 0.25) is 0 Å². The summed E-state index contributed by atoms with van der Waals surface area (Å²) < 4.78 is 5.31. The van der Waals surface area contributed by atoms with Gasteiger partial charge in [-0.3, -0.25) is 0 Å². The van der Waals surface area contributed by atoms with E-state index >= 15 is 0 Å². The molecule has 0 N–H and O–H groups in total. The molecule has 0 fully saturated rings. The smallest absolute Gasteiger partial charge is 0.333 e. The predicted molar refractivity (Wildman–Crippen MR) is 82.2 cm³/mol. The van der Waals surface area contributed by atoms with Crippen molar-refractivity contribution in [2.45, 2.75) is 79.1 Å². The second-order valence-electron chi connectivity index (χ2n) is 5.67. The summed E-state index contributed by atoms with van der Waals surface area (Å²) >= 11 is 0. The van der Waals surface area contributed by atoms with Gasteiger partial charge >= 0.3 is 5.97 Å². The van der Waals surface area contributed by atoms with Crippen LogP contribution in [-0.4, -0.2) is 12.6 Å². The Balaban J connectivity index is 4.03. The summed E-state index contributed by atoms with van der Waals surface area (Å²) in [5, 5.41) is 0. The molecule has 0 aliphatic heterocycles. The van der Waals surface area contributed by atoms with E-state index in [4.69, 9.17) is 4.74 Å². The zero-order chi connectivity index (χ0) is 14.5. The first-order chi connectivity index (χ1) is 9.11. The Labute approximate surface area is 119 Å². The second-order valence-corrected chi connectivity index (χ2v) is 5.67. The van der Waals surface area contributed by atoms with Crippen LogP contribution in [0.15, 0.2) is 11.6 Å². The molecule has 0 rings (SSSR count). The molecule has 0 radical (unpaired) electrons. The van der Waals surface area contributed by atoms with Crippen molar-refractivity contribution in [3.8, 4) is 0 Å². The number of hydrogen-bond donors (Lipinski definition) is 0. The van der Waals surface area contributed by atoms with Crippen LogP contribution in [0.25, 0.3) is 0 Å². The lowest BCUT2D eigenvalue weighted by molar-refractivity contribution is -0.140. The molecule has 0 saturated heterocycles. The van der Waals surface area contributed by atoms with Crippen molar-refractivity contribution in [1.29, 1.82) is 0 Å². The normalized spacial score (nSPS) is 11.9. The highest BCUT2D eigenvalue weighted by Gasteiger charge is 2.10. The third-order valence-electron chi connectivity index (χ3n) is 3.03. The molecule has 0 aromatic carbocycles. The summed E-state index contributed by atoms with van der Waals surface area (Å²) in [6.45, 7) is 8.97. The molecule has 112 valence electrons. The third-order valence-corrected chi connectivity index (χ3v) is 3.03. The van der Waals surface area contributed by atoms with Gasteiger partial charge in [0.1, 0.15) is 0 Å². The van der Waals surface area contributed by atoms with Crippen molar-refractivity contribution in [3.63, 3.8) is 0 Å². The van der Waals surface area contributed by atoms with Gasteiger partial charge in [-0.15, -0.1) is 0 Å². The van der Waals surface area contributed by atoms with Crippen molar-refractivity contribution in [3.05, 3.63) is 11.6 Å². The summed E-state index contributed by atoms with van der Waals surface area (Å²) in [5.41, 5.74) is 0.874. The van der Waals surface area contributed by atoms with Crippen LogP contribution in [0.3, 0.4) is 0 Å².